The van der Waals surface area contributed by atoms with Gasteiger partial charge in [0.1, 0.15) is 6.10 Å². The van der Waals surface area contributed by atoms with E-state index >= 15 is 0 Å². The SMILES string of the molecule is CCC(C)(CC)CNC(=O)CCSC1CC(=O)N(CC[C@H](CCNC(=O)O[C@H]2CC/C=C/CCC2)CCC(=O)N2Cc3ccccc3C#Cc3ccccc32)C1=O. The Morgan fingerprint density at radius 1 is 0.912 bits per heavy atom. The molecule has 57 heavy (non-hydrogen) atoms. The van der Waals surface area contributed by atoms with Crippen LogP contribution in [0.3, 0.4) is 0 Å². The first-order chi connectivity index (χ1) is 27.6. The highest BCUT2D eigenvalue weighted by Gasteiger charge is 2.39. The number of allylic oxidation sites excluding steroid dienone is 2. The van der Waals surface area contributed by atoms with Crippen LogP contribution >= 0.6 is 11.8 Å². The van der Waals surface area contributed by atoms with Gasteiger partial charge in [-0.2, -0.15) is 0 Å². The van der Waals surface area contributed by atoms with Crippen LogP contribution in [0.4, 0.5) is 10.5 Å². The third-order valence-electron chi connectivity index (χ3n) is 11.8. The van der Waals surface area contributed by atoms with Crippen LogP contribution in [-0.4, -0.2) is 71.4 Å². The molecule has 5 rings (SSSR count). The molecule has 2 aliphatic heterocycles. The third kappa shape index (κ3) is 13.0. The second-order valence-corrected chi connectivity index (χ2v) is 17.1. The summed E-state index contributed by atoms with van der Waals surface area (Å²) in [4.78, 5) is 69.2. The predicted molar refractivity (Wildman–Crippen MR) is 226 cm³/mol. The first-order valence-corrected chi connectivity index (χ1v) is 21.9. The van der Waals surface area contributed by atoms with Gasteiger partial charge in [0, 0.05) is 55.8 Å². The zero-order chi connectivity index (χ0) is 40.6. The Bertz CT molecular complexity index is 1810. The van der Waals surface area contributed by atoms with Crippen molar-refractivity contribution in [1.29, 1.82) is 0 Å². The van der Waals surface area contributed by atoms with Crippen molar-refractivity contribution < 1.29 is 28.7 Å². The number of para-hydroxylation sites is 1. The summed E-state index contributed by atoms with van der Waals surface area (Å²) in [6, 6.07) is 15.6. The molecule has 2 aromatic rings. The Morgan fingerprint density at radius 2 is 1.65 bits per heavy atom. The number of hydrogen-bond donors (Lipinski definition) is 2. The van der Waals surface area contributed by atoms with Crippen LogP contribution in [0.15, 0.2) is 60.7 Å². The van der Waals surface area contributed by atoms with Crippen LogP contribution in [-0.2, 0) is 30.5 Å². The van der Waals surface area contributed by atoms with Crippen LogP contribution in [0, 0.1) is 23.2 Å². The lowest BCUT2D eigenvalue weighted by Crippen LogP contribution is -2.35. The highest BCUT2D eigenvalue weighted by Crippen LogP contribution is 2.30. The summed E-state index contributed by atoms with van der Waals surface area (Å²) in [6.07, 6.45) is 12.4. The van der Waals surface area contributed by atoms with Gasteiger partial charge in [-0.05, 0) is 99.3 Å². The van der Waals surface area contributed by atoms with Crippen molar-refractivity contribution in [2.45, 2.75) is 122 Å². The van der Waals surface area contributed by atoms with Crippen molar-refractivity contribution in [1.82, 2.24) is 15.5 Å². The van der Waals surface area contributed by atoms with Crippen molar-refractivity contribution >= 4 is 47.2 Å². The monoisotopic (exact) mass is 796 g/mol. The summed E-state index contributed by atoms with van der Waals surface area (Å²) in [5.74, 6) is 6.38. The lowest BCUT2D eigenvalue weighted by Gasteiger charge is -2.27. The number of nitrogens with one attached hydrogen (secondary N) is 2. The molecule has 0 radical (unpaired) electrons. The summed E-state index contributed by atoms with van der Waals surface area (Å²) in [5, 5.41) is 5.44. The van der Waals surface area contributed by atoms with Gasteiger partial charge in [0.25, 0.3) is 0 Å². The zero-order valence-electron chi connectivity index (χ0n) is 34.0. The van der Waals surface area contributed by atoms with E-state index in [2.05, 4.69) is 55.4 Å². The molecule has 1 aliphatic carbocycles. The number of thioether (sulfide) groups is 1. The third-order valence-corrected chi connectivity index (χ3v) is 13.0. The lowest BCUT2D eigenvalue weighted by molar-refractivity contribution is -0.138. The molecule has 3 aliphatic rings. The summed E-state index contributed by atoms with van der Waals surface area (Å²) in [6.45, 7) is 8.00. The van der Waals surface area contributed by atoms with Gasteiger partial charge in [0.2, 0.25) is 23.6 Å². The van der Waals surface area contributed by atoms with E-state index in [-0.39, 0.29) is 66.9 Å². The second kappa shape index (κ2) is 21.8. The summed E-state index contributed by atoms with van der Waals surface area (Å²) in [7, 11) is 0. The van der Waals surface area contributed by atoms with Crippen LogP contribution in [0.25, 0.3) is 0 Å². The largest absolute Gasteiger partial charge is 0.446 e. The number of amides is 5. The van der Waals surface area contributed by atoms with Crippen molar-refractivity contribution in [2.24, 2.45) is 11.3 Å². The van der Waals surface area contributed by atoms with Crippen molar-refractivity contribution in [3.8, 4) is 11.8 Å². The number of anilines is 1. The lowest BCUT2D eigenvalue weighted by atomic mass is 9.85. The number of ether oxygens (including phenoxy) is 1. The molecule has 2 heterocycles. The van der Waals surface area contributed by atoms with E-state index in [9.17, 15) is 24.0 Å². The maximum Gasteiger partial charge on any atom is 0.407 e. The normalized spacial score (nSPS) is 19.1. The molecule has 2 aromatic carbocycles. The number of nitrogens with zero attached hydrogens (tertiary/aromatic N) is 2. The van der Waals surface area contributed by atoms with E-state index in [1.54, 1.807) is 4.90 Å². The van der Waals surface area contributed by atoms with Crippen LogP contribution < -0.4 is 15.5 Å². The number of carbonyl (C=O) groups is 5. The summed E-state index contributed by atoms with van der Waals surface area (Å²) < 4.78 is 5.76. The fourth-order valence-electron chi connectivity index (χ4n) is 7.44. The van der Waals surface area contributed by atoms with Gasteiger partial charge in [0.15, 0.2) is 0 Å². The Kier molecular flexibility index (Phi) is 16.7. The molecule has 306 valence electrons. The maximum absolute atomic E-state index is 14.1. The average molecular weight is 797 g/mol. The number of hydrogen-bond acceptors (Lipinski definition) is 7. The van der Waals surface area contributed by atoms with E-state index in [0.29, 0.717) is 44.6 Å². The van der Waals surface area contributed by atoms with E-state index in [0.717, 1.165) is 67.3 Å². The standard InChI is InChI=1S/C46H60N4O6S/c1-4-46(3,5-2)33-48-41(51)27-30-57-40-31-43(53)49(44(40)54)29-26-34(25-28-47-45(55)56-38-18-9-7-6-8-10-19-38)21-24-42(52)50-32-37-17-12-11-15-35(37)22-23-36-16-13-14-20-39(36)50/h6-7,11-17,20,34,38,40H,4-5,8-10,18-19,21,24-33H2,1-3H3,(H,47,55)(H,48,51)/b7-6+/t34-,38-,40?/m0/s1. The molecule has 5 amide bonds. The fourth-order valence-corrected chi connectivity index (χ4v) is 8.56. The van der Waals surface area contributed by atoms with Crippen molar-refractivity contribution in [3.63, 3.8) is 0 Å². The number of carbonyl (C=O) groups excluding carboxylic acids is 5. The van der Waals surface area contributed by atoms with Gasteiger partial charge >= 0.3 is 6.09 Å². The maximum atomic E-state index is 14.1. The first-order valence-electron chi connectivity index (χ1n) is 20.9. The van der Waals surface area contributed by atoms with E-state index in [1.165, 1.54) is 16.7 Å². The number of alkyl carbamates (subject to hydrolysis) is 1. The number of imide groups is 1. The van der Waals surface area contributed by atoms with Gasteiger partial charge < -0.3 is 20.3 Å². The predicted octanol–water partition coefficient (Wildman–Crippen LogP) is 7.92. The quantitative estimate of drug-likeness (QED) is 0.0893. The number of benzene rings is 2. The zero-order valence-corrected chi connectivity index (χ0v) is 34.8. The highest BCUT2D eigenvalue weighted by atomic mass is 32.2. The molecule has 1 fully saturated rings. The minimum Gasteiger partial charge on any atom is -0.446 e. The van der Waals surface area contributed by atoms with Gasteiger partial charge in [-0.15, -0.1) is 11.8 Å². The van der Waals surface area contributed by atoms with Crippen LogP contribution in [0.1, 0.15) is 121 Å². The smallest absolute Gasteiger partial charge is 0.407 e. The molecule has 2 N–H and O–H groups in total. The van der Waals surface area contributed by atoms with E-state index in [1.807, 2.05) is 48.5 Å². The molecule has 0 spiro atoms. The Morgan fingerprint density at radius 3 is 2.46 bits per heavy atom. The molecule has 0 bridgehead atoms. The number of fused-ring (bicyclic) bond motifs is 2. The molecule has 10 nitrogen and oxygen atoms in total. The number of likely N-dealkylation sites (tertiary alicyclic amines) is 1. The Balaban J connectivity index is 1.19. The second-order valence-electron chi connectivity index (χ2n) is 15.8. The van der Waals surface area contributed by atoms with E-state index in [4.69, 9.17) is 4.74 Å². The minimum absolute atomic E-state index is 0.0421. The molecule has 3 atom stereocenters. The minimum atomic E-state index is -0.514. The molecule has 0 aromatic heterocycles. The molecular weight excluding hydrogens is 737 g/mol. The van der Waals surface area contributed by atoms with Crippen LogP contribution in [0.5, 0.6) is 0 Å². The fraction of sp³-hybridized carbons (Fsp3) is 0.543. The van der Waals surface area contributed by atoms with Gasteiger partial charge in [-0.3, -0.25) is 24.1 Å². The summed E-state index contributed by atoms with van der Waals surface area (Å²) >= 11 is 1.37. The average Bonchev–Trinajstić information content (AvgIpc) is 3.47. The molecular formula is C46H60N4O6S. The Labute approximate surface area is 343 Å². The van der Waals surface area contributed by atoms with Gasteiger partial charge in [-0.1, -0.05) is 75.1 Å². The van der Waals surface area contributed by atoms with Crippen molar-refractivity contribution in [2.75, 3.05) is 30.3 Å². The molecule has 1 unspecified atom stereocenters. The topological polar surface area (TPSA) is 125 Å². The molecule has 0 saturated carbocycles. The summed E-state index contributed by atoms with van der Waals surface area (Å²) in [5.41, 5.74) is 3.48. The van der Waals surface area contributed by atoms with Crippen molar-refractivity contribution in [3.05, 3.63) is 77.4 Å². The first kappa shape index (κ1) is 43.6. The van der Waals surface area contributed by atoms with Gasteiger partial charge in [0.05, 0.1) is 17.5 Å². The number of rotatable bonds is 18. The molecule has 1 saturated heterocycles. The van der Waals surface area contributed by atoms with Gasteiger partial charge in [-0.25, -0.2) is 4.79 Å². The highest BCUT2D eigenvalue weighted by molar-refractivity contribution is 8.00. The Hall–Kier alpha value is -4.56. The van der Waals surface area contributed by atoms with Crippen LogP contribution in [0.2, 0.25) is 0 Å². The van der Waals surface area contributed by atoms with E-state index < -0.39 is 11.3 Å². The molecule has 11 heteroatoms.